The molecule has 3 amide bonds. The molecule has 1 aromatic heterocycles. The standard InChI is InChI=1S/C31H34F2N6O3/c1-19(40)39-13-3-6-27(39)31(42)38-14-11-21(12-15-38)20-7-9-23(10-8-20)37-28-16-26(24(18-36-28)30(34)41)35-17-22-4-2-5-25(32)29(22)33/h2,4-5,7-10,16,18,21,27H,3,6,11-15,17H2,1H3,(H2,34,41)(H2,35,36,37)/t27-/m1/s1. The Morgan fingerprint density at radius 3 is 2.45 bits per heavy atom. The Kier molecular flexibility index (Phi) is 8.65. The number of piperidine rings is 1. The molecule has 3 heterocycles. The number of likely N-dealkylation sites (tertiary alicyclic amines) is 2. The minimum Gasteiger partial charge on any atom is -0.380 e. The summed E-state index contributed by atoms with van der Waals surface area (Å²) in [4.78, 5) is 44.7. The van der Waals surface area contributed by atoms with Gasteiger partial charge in [0.05, 0.1) is 11.3 Å². The van der Waals surface area contributed by atoms with Crippen LogP contribution < -0.4 is 16.4 Å². The van der Waals surface area contributed by atoms with E-state index in [0.717, 1.165) is 37.4 Å². The summed E-state index contributed by atoms with van der Waals surface area (Å²) in [5.41, 5.74) is 8.02. The number of benzene rings is 2. The predicted molar refractivity (Wildman–Crippen MR) is 155 cm³/mol. The zero-order valence-corrected chi connectivity index (χ0v) is 23.4. The molecule has 0 saturated carbocycles. The largest absolute Gasteiger partial charge is 0.380 e. The van der Waals surface area contributed by atoms with Crippen molar-refractivity contribution in [1.82, 2.24) is 14.8 Å². The van der Waals surface area contributed by atoms with Gasteiger partial charge in [-0.3, -0.25) is 14.4 Å². The Morgan fingerprint density at radius 1 is 1.02 bits per heavy atom. The average Bonchev–Trinajstić information content (AvgIpc) is 3.49. The van der Waals surface area contributed by atoms with E-state index in [-0.39, 0.29) is 35.5 Å². The quantitative estimate of drug-likeness (QED) is 0.362. The number of carbonyl (C=O) groups excluding carboxylic acids is 3. The first-order valence-corrected chi connectivity index (χ1v) is 14.1. The van der Waals surface area contributed by atoms with Crippen LogP contribution >= 0.6 is 0 Å². The van der Waals surface area contributed by atoms with E-state index in [1.54, 1.807) is 11.0 Å². The number of primary amides is 1. The first-order chi connectivity index (χ1) is 20.2. The van der Waals surface area contributed by atoms with Crippen LogP contribution in [0.2, 0.25) is 0 Å². The van der Waals surface area contributed by atoms with Crippen LogP contribution in [-0.4, -0.2) is 58.2 Å². The zero-order chi connectivity index (χ0) is 29.8. The molecule has 11 heteroatoms. The molecule has 220 valence electrons. The van der Waals surface area contributed by atoms with Gasteiger partial charge in [0.25, 0.3) is 5.91 Å². The van der Waals surface area contributed by atoms with E-state index < -0.39 is 17.5 Å². The van der Waals surface area contributed by atoms with E-state index in [1.165, 1.54) is 30.8 Å². The van der Waals surface area contributed by atoms with Crippen LogP contribution in [0.25, 0.3) is 0 Å². The van der Waals surface area contributed by atoms with Crippen LogP contribution in [0.15, 0.2) is 54.7 Å². The number of nitrogens with one attached hydrogen (secondary N) is 2. The molecule has 0 bridgehead atoms. The van der Waals surface area contributed by atoms with Crippen LogP contribution in [0, 0.1) is 11.6 Å². The first kappa shape index (κ1) is 29.0. The molecule has 4 N–H and O–H groups in total. The minimum atomic E-state index is -0.955. The maximum Gasteiger partial charge on any atom is 0.252 e. The minimum absolute atomic E-state index is 0.0415. The van der Waals surface area contributed by atoms with E-state index in [9.17, 15) is 23.2 Å². The molecule has 0 spiro atoms. The number of aromatic nitrogens is 1. The maximum absolute atomic E-state index is 14.1. The molecule has 2 aliphatic heterocycles. The van der Waals surface area contributed by atoms with Crippen LogP contribution in [0.1, 0.15) is 60.0 Å². The van der Waals surface area contributed by atoms with Gasteiger partial charge in [-0.05, 0) is 55.4 Å². The highest BCUT2D eigenvalue weighted by atomic mass is 19.2. The van der Waals surface area contributed by atoms with Crippen LogP contribution in [0.4, 0.5) is 26.0 Å². The van der Waals surface area contributed by atoms with Gasteiger partial charge in [-0.2, -0.15) is 0 Å². The third-order valence-electron chi connectivity index (χ3n) is 8.07. The van der Waals surface area contributed by atoms with Gasteiger partial charge in [0, 0.05) is 56.6 Å². The Hall–Kier alpha value is -4.54. The van der Waals surface area contributed by atoms with Crippen LogP contribution in [0.3, 0.4) is 0 Å². The number of amides is 3. The van der Waals surface area contributed by atoms with Crippen molar-refractivity contribution < 1.29 is 23.2 Å². The van der Waals surface area contributed by atoms with E-state index in [0.29, 0.717) is 37.1 Å². The number of carbonyl (C=O) groups is 3. The lowest BCUT2D eigenvalue weighted by Crippen LogP contribution is -2.49. The van der Waals surface area contributed by atoms with E-state index in [2.05, 4.69) is 15.6 Å². The number of nitrogens with two attached hydrogens (primary N) is 1. The van der Waals surface area contributed by atoms with Gasteiger partial charge >= 0.3 is 0 Å². The highest BCUT2D eigenvalue weighted by molar-refractivity contribution is 5.98. The van der Waals surface area contributed by atoms with E-state index >= 15 is 0 Å². The van der Waals surface area contributed by atoms with Gasteiger partial charge in [-0.15, -0.1) is 0 Å². The van der Waals surface area contributed by atoms with Crippen molar-refractivity contribution in [2.45, 2.75) is 51.1 Å². The Morgan fingerprint density at radius 2 is 1.76 bits per heavy atom. The van der Waals surface area contributed by atoms with Gasteiger partial charge < -0.3 is 26.2 Å². The van der Waals surface area contributed by atoms with Crippen molar-refractivity contribution in [3.8, 4) is 0 Å². The third kappa shape index (κ3) is 6.35. The number of hydrogen-bond acceptors (Lipinski definition) is 6. The second-order valence-electron chi connectivity index (χ2n) is 10.8. The lowest BCUT2D eigenvalue weighted by atomic mass is 9.89. The highest BCUT2D eigenvalue weighted by Crippen LogP contribution is 2.31. The summed E-state index contributed by atoms with van der Waals surface area (Å²) in [5, 5.41) is 6.16. The summed E-state index contributed by atoms with van der Waals surface area (Å²) in [5.74, 6) is -1.83. The second kappa shape index (κ2) is 12.5. The fraction of sp³-hybridized carbons (Fsp3) is 0.355. The molecule has 42 heavy (non-hydrogen) atoms. The van der Waals surface area contributed by atoms with Gasteiger partial charge in [0.2, 0.25) is 11.8 Å². The van der Waals surface area contributed by atoms with Crippen molar-refractivity contribution in [1.29, 1.82) is 0 Å². The lowest BCUT2D eigenvalue weighted by Gasteiger charge is -2.35. The Balaban J connectivity index is 1.20. The summed E-state index contributed by atoms with van der Waals surface area (Å²) >= 11 is 0. The summed E-state index contributed by atoms with van der Waals surface area (Å²) in [6, 6.07) is 13.1. The number of pyridine rings is 1. The fourth-order valence-electron chi connectivity index (χ4n) is 5.77. The monoisotopic (exact) mass is 576 g/mol. The van der Waals surface area contributed by atoms with Crippen molar-refractivity contribution in [2.75, 3.05) is 30.3 Å². The molecule has 0 aliphatic carbocycles. The Labute approximate surface area is 243 Å². The molecule has 1 atom stereocenters. The van der Waals surface area contributed by atoms with Gasteiger partial charge in [0.1, 0.15) is 11.9 Å². The molecule has 9 nitrogen and oxygen atoms in total. The number of halogens is 2. The molecule has 2 aliphatic rings. The molecular formula is C31H34F2N6O3. The molecule has 3 aromatic rings. The number of rotatable bonds is 8. The SMILES string of the molecule is CC(=O)N1CCC[C@@H]1C(=O)N1CCC(c2ccc(Nc3cc(NCc4cccc(F)c4F)c(C(N)=O)cn3)cc2)CC1. The van der Waals surface area contributed by atoms with Gasteiger partial charge in [-0.25, -0.2) is 13.8 Å². The van der Waals surface area contributed by atoms with Crippen molar-refractivity contribution in [3.63, 3.8) is 0 Å². The van der Waals surface area contributed by atoms with Crippen LogP contribution in [-0.2, 0) is 16.1 Å². The molecular weight excluding hydrogens is 542 g/mol. The van der Waals surface area contributed by atoms with Crippen molar-refractivity contribution in [3.05, 3.63) is 83.1 Å². The van der Waals surface area contributed by atoms with E-state index in [4.69, 9.17) is 5.73 Å². The average molecular weight is 577 g/mol. The normalized spacial score (nSPS) is 17.3. The van der Waals surface area contributed by atoms with Crippen LogP contribution in [0.5, 0.6) is 0 Å². The smallest absolute Gasteiger partial charge is 0.252 e. The van der Waals surface area contributed by atoms with Gasteiger partial charge in [0.15, 0.2) is 11.6 Å². The Bertz CT molecular complexity index is 1470. The molecule has 2 fully saturated rings. The number of nitrogens with zero attached hydrogens (tertiary/aromatic N) is 3. The van der Waals surface area contributed by atoms with Gasteiger partial charge in [-0.1, -0.05) is 24.3 Å². The number of hydrogen-bond donors (Lipinski definition) is 3. The summed E-state index contributed by atoms with van der Waals surface area (Å²) in [7, 11) is 0. The molecule has 2 aromatic carbocycles. The third-order valence-corrected chi connectivity index (χ3v) is 8.07. The molecule has 0 radical (unpaired) electrons. The summed E-state index contributed by atoms with van der Waals surface area (Å²) in [6.07, 6.45) is 4.63. The predicted octanol–water partition coefficient (Wildman–Crippen LogP) is 4.53. The van der Waals surface area contributed by atoms with E-state index in [1.807, 2.05) is 29.2 Å². The summed E-state index contributed by atoms with van der Waals surface area (Å²) in [6.45, 7) is 3.45. The van der Waals surface area contributed by atoms with Crippen molar-refractivity contribution in [2.24, 2.45) is 5.73 Å². The highest BCUT2D eigenvalue weighted by Gasteiger charge is 2.36. The lowest BCUT2D eigenvalue weighted by molar-refractivity contribution is -0.143. The van der Waals surface area contributed by atoms with Crippen molar-refractivity contribution >= 4 is 34.9 Å². The molecule has 0 unspecified atom stereocenters. The maximum atomic E-state index is 14.1. The molecule has 5 rings (SSSR count). The molecule has 2 saturated heterocycles. The number of anilines is 3. The topological polar surface area (TPSA) is 121 Å². The zero-order valence-electron chi connectivity index (χ0n) is 23.4. The fourth-order valence-corrected chi connectivity index (χ4v) is 5.77. The summed E-state index contributed by atoms with van der Waals surface area (Å²) < 4.78 is 27.7. The second-order valence-corrected chi connectivity index (χ2v) is 10.8. The first-order valence-electron chi connectivity index (χ1n) is 14.1.